The van der Waals surface area contributed by atoms with Crippen LogP contribution in [0.4, 0.5) is 5.69 Å². The molecule has 5 heteroatoms. The monoisotopic (exact) mass is 395 g/mol. The van der Waals surface area contributed by atoms with Gasteiger partial charge >= 0.3 is 0 Å². The summed E-state index contributed by atoms with van der Waals surface area (Å²) in [7, 11) is 0. The Bertz CT molecular complexity index is 1200. The number of anilines is 1. The van der Waals surface area contributed by atoms with E-state index in [0.717, 1.165) is 22.5 Å². The molecule has 1 amide bonds. The quantitative estimate of drug-likeness (QED) is 0.367. The maximum absolute atomic E-state index is 12.7. The second kappa shape index (κ2) is 8.57. The van der Waals surface area contributed by atoms with Crippen molar-refractivity contribution in [2.24, 2.45) is 0 Å². The summed E-state index contributed by atoms with van der Waals surface area (Å²) in [5, 5.41) is 2.82. The number of hydrogen-bond donors (Lipinski definition) is 1. The van der Waals surface area contributed by atoms with Gasteiger partial charge in [0.2, 0.25) is 5.91 Å². The van der Waals surface area contributed by atoms with Crippen molar-refractivity contribution in [3.63, 3.8) is 0 Å². The van der Waals surface area contributed by atoms with Crippen molar-refractivity contribution < 1.29 is 9.59 Å². The van der Waals surface area contributed by atoms with Gasteiger partial charge in [0.25, 0.3) is 0 Å². The van der Waals surface area contributed by atoms with Gasteiger partial charge in [0.05, 0.1) is 6.42 Å². The average Bonchev–Trinajstić information content (AvgIpc) is 3.29. The lowest BCUT2D eigenvalue weighted by Gasteiger charge is -2.09. The molecule has 1 N–H and O–H groups in total. The number of aryl methyl sites for hydroxylation is 1. The van der Waals surface area contributed by atoms with Gasteiger partial charge in [-0.3, -0.25) is 14.6 Å². The molecule has 0 bridgehead atoms. The van der Waals surface area contributed by atoms with E-state index in [1.165, 1.54) is 0 Å². The van der Waals surface area contributed by atoms with Crippen molar-refractivity contribution in [2.45, 2.75) is 13.3 Å². The van der Waals surface area contributed by atoms with Crippen LogP contribution >= 0.6 is 0 Å². The summed E-state index contributed by atoms with van der Waals surface area (Å²) < 4.78 is 1.95. The van der Waals surface area contributed by atoms with Crippen LogP contribution < -0.4 is 5.32 Å². The van der Waals surface area contributed by atoms with Crippen molar-refractivity contribution in [3.8, 4) is 16.8 Å². The Morgan fingerprint density at radius 1 is 0.900 bits per heavy atom. The Kier molecular flexibility index (Phi) is 5.52. The van der Waals surface area contributed by atoms with Crippen LogP contribution in [0.25, 0.3) is 16.8 Å². The molecule has 0 spiro atoms. The zero-order valence-corrected chi connectivity index (χ0v) is 16.6. The van der Waals surface area contributed by atoms with Crippen LogP contribution in [0, 0.1) is 6.92 Å². The number of ketones is 1. The number of amides is 1. The molecule has 30 heavy (non-hydrogen) atoms. The van der Waals surface area contributed by atoms with E-state index >= 15 is 0 Å². The lowest BCUT2D eigenvalue weighted by atomic mass is 10.0. The Hall–Kier alpha value is -3.99. The molecule has 0 saturated carbocycles. The van der Waals surface area contributed by atoms with Crippen molar-refractivity contribution >= 4 is 17.4 Å². The number of nitrogens with one attached hydrogen (secondary N) is 1. The molecule has 0 saturated heterocycles. The van der Waals surface area contributed by atoms with Crippen LogP contribution in [0.3, 0.4) is 0 Å². The first-order valence-electron chi connectivity index (χ1n) is 9.68. The molecule has 2 heterocycles. The van der Waals surface area contributed by atoms with E-state index in [1.807, 2.05) is 90.6 Å². The molecule has 0 unspecified atom stereocenters. The minimum atomic E-state index is -0.338. The van der Waals surface area contributed by atoms with E-state index in [4.69, 9.17) is 0 Å². The molecular formula is C25H21N3O2. The molecule has 0 fully saturated rings. The molecule has 4 rings (SSSR count). The van der Waals surface area contributed by atoms with Crippen LogP contribution in [0.2, 0.25) is 0 Å². The lowest BCUT2D eigenvalue weighted by Crippen LogP contribution is -2.16. The highest BCUT2D eigenvalue weighted by Crippen LogP contribution is 2.21. The molecule has 0 atom stereocenters. The third-order valence-corrected chi connectivity index (χ3v) is 4.77. The molecular weight excluding hydrogens is 374 g/mol. The first kappa shape index (κ1) is 19.3. The number of carbonyl (C=O) groups excluding carboxylic acids is 2. The highest BCUT2D eigenvalue weighted by atomic mass is 16.2. The zero-order valence-electron chi connectivity index (χ0n) is 16.6. The largest absolute Gasteiger partial charge is 0.326 e. The predicted molar refractivity (Wildman–Crippen MR) is 118 cm³/mol. The van der Waals surface area contributed by atoms with Crippen LogP contribution in [0.15, 0.2) is 91.4 Å². The number of carbonyl (C=O) groups is 2. The fourth-order valence-electron chi connectivity index (χ4n) is 3.30. The van der Waals surface area contributed by atoms with E-state index in [9.17, 15) is 9.59 Å². The van der Waals surface area contributed by atoms with Gasteiger partial charge in [0.1, 0.15) is 0 Å². The summed E-state index contributed by atoms with van der Waals surface area (Å²) in [5.74, 6) is -0.559. The SMILES string of the molecule is Cc1cc(-c2cccc(C(=O)CC(=O)Nc3cccc(-n4cccc4)c3)c2)ccn1. The topological polar surface area (TPSA) is 64.0 Å². The van der Waals surface area contributed by atoms with E-state index in [0.29, 0.717) is 11.3 Å². The first-order chi connectivity index (χ1) is 14.6. The van der Waals surface area contributed by atoms with Gasteiger partial charge in [-0.1, -0.05) is 24.3 Å². The van der Waals surface area contributed by atoms with Crippen LogP contribution in [-0.2, 0) is 4.79 Å². The third kappa shape index (κ3) is 4.52. The van der Waals surface area contributed by atoms with E-state index in [1.54, 1.807) is 12.3 Å². The molecule has 148 valence electrons. The van der Waals surface area contributed by atoms with Gasteiger partial charge in [-0.15, -0.1) is 0 Å². The summed E-state index contributed by atoms with van der Waals surface area (Å²) in [5.41, 5.74) is 4.92. The maximum atomic E-state index is 12.7. The van der Waals surface area contributed by atoms with E-state index in [2.05, 4.69) is 10.3 Å². The molecule has 2 aromatic heterocycles. The molecule has 0 aliphatic carbocycles. The molecule has 5 nitrogen and oxygen atoms in total. The molecule has 0 aliphatic rings. The molecule has 0 aliphatic heterocycles. The first-order valence-corrected chi connectivity index (χ1v) is 9.68. The van der Waals surface area contributed by atoms with Gasteiger partial charge in [-0.2, -0.15) is 0 Å². The van der Waals surface area contributed by atoms with Crippen molar-refractivity contribution in [1.29, 1.82) is 0 Å². The number of aromatic nitrogens is 2. The fraction of sp³-hybridized carbons (Fsp3) is 0.0800. The smallest absolute Gasteiger partial charge is 0.232 e. The van der Waals surface area contributed by atoms with Crippen molar-refractivity contribution in [1.82, 2.24) is 9.55 Å². The number of hydrogen-bond acceptors (Lipinski definition) is 3. The minimum Gasteiger partial charge on any atom is -0.326 e. The van der Waals surface area contributed by atoms with E-state index in [-0.39, 0.29) is 18.1 Å². The van der Waals surface area contributed by atoms with Gasteiger partial charge in [-0.25, -0.2) is 0 Å². The third-order valence-electron chi connectivity index (χ3n) is 4.77. The Morgan fingerprint density at radius 3 is 2.47 bits per heavy atom. The Balaban J connectivity index is 1.45. The standard InChI is InChI=1S/C25H21N3O2/c1-18-14-20(10-11-26-18)19-6-4-7-21(15-19)24(29)17-25(30)27-22-8-5-9-23(16-22)28-12-2-3-13-28/h2-16H,17H2,1H3,(H,27,30). The summed E-state index contributed by atoms with van der Waals surface area (Å²) in [6.45, 7) is 1.92. The van der Waals surface area contributed by atoms with Crippen molar-refractivity contribution in [3.05, 3.63) is 103 Å². The van der Waals surface area contributed by atoms with Gasteiger partial charge in [0.15, 0.2) is 5.78 Å². The Labute approximate surface area is 175 Å². The second-order valence-electron chi connectivity index (χ2n) is 7.06. The highest BCUT2D eigenvalue weighted by molar-refractivity contribution is 6.11. The molecule has 4 aromatic rings. The Morgan fingerprint density at radius 2 is 1.67 bits per heavy atom. The number of benzene rings is 2. The van der Waals surface area contributed by atoms with Gasteiger partial charge in [-0.05, 0) is 66.6 Å². The normalized spacial score (nSPS) is 10.6. The molecule has 2 aromatic carbocycles. The molecule has 0 radical (unpaired) electrons. The van der Waals surface area contributed by atoms with Crippen LogP contribution in [0.5, 0.6) is 0 Å². The lowest BCUT2D eigenvalue weighted by molar-refractivity contribution is -0.115. The van der Waals surface area contributed by atoms with Gasteiger partial charge in [0, 0.05) is 41.2 Å². The van der Waals surface area contributed by atoms with Crippen molar-refractivity contribution in [2.75, 3.05) is 5.32 Å². The number of Topliss-reactive ketones (excluding diaryl/α,β-unsaturated/α-hetero) is 1. The number of nitrogens with zero attached hydrogens (tertiary/aromatic N) is 2. The average molecular weight is 395 g/mol. The summed E-state index contributed by atoms with van der Waals surface area (Å²) in [4.78, 5) is 29.3. The van der Waals surface area contributed by atoms with Gasteiger partial charge < -0.3 is 9.88 Å². The van der Waals surface area contributed by atoms with E-state index < -0.39 is 0 Å². The van der Waals surface area contributed by atoms with Crippen LogP contribution in [0.1, 0.15) is 22.5 Å². The highest BCUT2D eigenvalue weighted by Gasteiger charge is 2.13. The maximum Gasteiger partial charge on any atom is 0.232 e. The fourth-order valence-corrected chi connectivity index (χ4v) is 3.30. The summed E-state index contributed by atoms with van der Waals surface area (Å²) in [6, 6.07) is 22.6. The zero-order chi connectivity index (χ0) is 20.9. The number of rotatable bonds is 6. The summed E-state index contributed by atoms with van der Waals surface area (Å²) >= 11 is 0. The predicted octanol–water partition coefficient (Wildman–Crippen LogP) is 5.06. The van der Waals surface area contributed by atoms with Crippen LogP contribution in [-0.4, -0.2) is 21.2 Å². The number of pyridine rings is 1. The summed E-state index contributed by atoms with van der Waals surface area (Å²) in [6.07, 6.45) is 5.39. The minimum absolute atomic E-state index is 0.216. The second-order valence-corrected chi connectivity index (χ2v) is 7.06.